The summed E-state index contributed by atoms with van der Waals surface area (Å²) in [6.07, 6.45) is 0.578. The number of aliphatic imine (C=N–C) groups is 4. The molecule has 65 heavy (non-hydrogen) atoms. The molecule has 0 saturated carbocycles. The fourth-order valence-electron chi connectivity index (χ4n) is 7.37. The molecule has 309 valence electrons. The van der Waals surface area contributed by atoms with Crippen LogP contribution < -0.4 is 99.6 Å². The van der Waals surface area contributed by atoms with Crippen molar-refractivity contribution in [3.05, 3.63) is 112 Å². The van der Waals surface area contributed by atoms with Gasteiger partial charge in [0, 0.05) is 0 Å². The number of carboxylic acids is 1. The Bertz CT molecular complexity index is 3800. The summed E-state index contributed by atoms with van der Waals surface area (Å²) in [5.74, 6) is 5.42. The first kappa shape index (κ1) is 51.0. The Morgan fingerprint density at radius 3 is 1.62 bits per heavy atom. The molecule has 0 fully saturated rings. The molecule has 4 aromatic carbocycles. The molecule has 6 heterocycles. The maximum atomic E-state index is 12.4. The SMILES string of the molecule is O.O=C(O)CCCC#Cc1ccc2c3[n]4c(c2c1)=NC1=NC(=Nc2c5ccc(S(=O)(=O)[O-])cc5c([n]2[Ga]4)N=C2N=C(N=3)c3cc(S(=O)(=O)[O-])ccc32)c2cc(S(=O)(=O)[O-])ccc21.[Na+].[Na+].[Na+]. The van der Waals surface area contributed by atoms with Crippen LogP contribution in [-0.4, -0.2) is 103 Å². The topological polar surface area (TPSA) is 324 Å². The van der Waals surface area contributed by atoms with Gasteiger partial charge in [0.05, 0.1) is 0 Å². The van der Waals surface area contributed by atoms with Crippen LogP contribution >= 0.6 is 0 Å². The maximum absolute atomic E-state index is 12.4. The molecular weight excluding hydrogens is 995 g/mol. The minimum absolute atomic E-state index is 0. The normalized spacial score (nSPS) is 14.0. The molecule has 6 bridgehead atoms. The van der Waals surface area contributed by atoms with E-state index in [0.29, 0.717) is 40.1 Å². The largest absolute Gasteiger partial charge is 1.00 e. The average Bonchev–Trinajstić information content (AvgIpc) is 3.89. The van der Waals surface area contributed by atoms with Gasteiger partial charge in [-0.25, -0.2) is 0 Å². The third kappa shape index (κ3) is 9.17. The molecule has 6 aromatic rings. The molecule has 4 aliphatic rings. The van der Waals surface area contributed by atoms with Gasteiger partial charge in [-0.3, -0.25) is 0 Å². The second-order valence-electron chi connectivity index (χ2n) is 13.9. The first-order chi connectivity index (χ1) is 28.9. The third-order valence-corrected chi connectivity index (χ3v) is 15.6. The number of carbonyl (C=O) groups is 1. The molecule has 0 amide bonds. The maximum Gasteiger partial charge on any atom is 1.00 e. The standard InChI is InChI=1S/C38H23N8O11S3.Ga.3Na.H2O/c47-30(48)5-3-1-2-4-18-6-10-22-26(14-18)35-39-31(22)41-36-28-16-20(59(52,53)54)8-12-24(28)33(43-36)45-38-29-17-21(60(55,56)57)9-13-25(29)34(46-38)44-37-27-15-19(58(49,50)51)7-11-23(27)32(40-35)42-37;;;;;/h6-17H,1,3,5H2,(H5-,39,40,41,42,43,44,45,46,47,48,49,50,51,52,53,54,55,56,57);;;;;1H2/q-1;+2;3*+1;/p-4. The van der Waals surface area contributed by atoms with E-state index in [1.807, 2.05) is 3.27 Å². The minimum atomic E-state index is -5.01. The van der Waals surface area contributed by atoms with Gasteiger partial charge in [0.2, 0.25) is 0 Å². The number of benzene rings is 4. The molecule has 27 heteroatoms. The molecule has 10 rings (SSSR count). The molecule has 0 spiro atoms. The van der Waals surface area contributed by atoms with Crippen molar-refractivity contribution in [1.29, 1.82) is 0 Å². The Hall–Kier alpha value is -3.40. The molecule has 0 aliphatic carbocycles. The quantitative estimate of drug-likeness (QED) is 0.0707. The first-order valence-corrected chi connectivity index (χ1v) is 24.2. The average molecular weight is 1020 g/mol. The van der Waals surface area contributed by atoms with Gasteiger partial charge in [0.25, 0.3) is 0 Å². The molecule has 20 nitrogen and oxygen atoms in total. The van der Waals surface area contributed by atoms with Crippen molar-refractivity contribution in [2.45, 2.75) is 33.9 Å². The number of amidine groups is 4. The Labute approximate surface area is 442 Å². The fourth-order valence-corrected chi connectivity index (χ4v) is 11.9. The third-order valence-electron chi connectivity index (χ3n) is 10.1. The zero-order valence-electron chi connectivity index (χ0n) is 34.0. The fraction of sp³-hybridized carbons (Fsp3) is 0.0789. The van der Waals surface area contributed by atoms with Gasteiger partial charge in [0.1, 0.15) is 0 Å². The number of aromatic nitrogens is 2. The van der Waals surface area contributed by atoms with Crippen LogP contribution in [0.5, 0.6) is 0 Å². The molecule has 0 saturated heterocycles. The predicted molar refractivity (Wildman–Crippen MR) is 217 cm³/mol. The van der Waals surface area contributed by atoms with E-state index in [-0.39, 0.29) is 169 Å². The van der Waals surface area contributed by atoms with E-state index in [1.54, 1.807) is 21.5 Å². The summed E-state index contributed by atoms with van der Waals surface area (Å²) in [6, 6.07) is 16.1. The summed E-state index contributed by atoms with van der Waals surface area (Å²) >= 11 is -2.35. The van der Waals surface area contributed by atoms with E-state index in [4.69, 9.17) is 35.1 Å². The molecular formula is C38H21GaN8Na3O12S3. The van der Waals surface area contributed by atoms with Crippen molar-refractivity contribution in [3.63, 3.8) is 0 Å². The number of carboxylic acid groups (broad SMARTS) is 1. The smallest absolute Gasteiger partial charge is 1.00 e. The number of aliphatic carboxylic acids is 1. The Morgan fingerprint density at radius 1 is 0.569 bits per heavy atom. The zero-order chi connectivity index (χ0) is 42.7. The molecule has 0 unspecified atom stereocenters. The number of rotatable bonds is 6. The minimum Gasteiger partial charge on any atom is 1.00 e. The summed E-state index contributed by atoms with van der Waals surface area (Å²) in [6.45, 7) is 0. The van der Waals surface area contributed by atoms with Crippen LogP contribution in [0.25, 0.3) is 21.5 Å². The van der Waals surface area contributed by atoms with Crippen molar-refractivity contribution in [2.75, 3.05) is 0 Å². The molecule has 2 aromatic heterocycles. The van der Waals surface area contributed by atoms with E-state index in [0.717, 1.165) is 36.4 Å². The van der Waals surface area contributed by atoms with Crippen LogP contribution in [0.4, 0.5) is 11.6 Å². The van der Waals surface area contributed by atoms with Gasteiger partial charge in [-0.05, 0) is 0 Å². The van der Waals surface area contributed by atoms with Crippen LogP contribution in [-0.2, 0) is 35.1 Å². The van der Waals surface area contributed by atoms with Crippen LogP contribution in [0.3, 0.4) is 0 Å². The summed E-state index contributed by atoms with van der Waals surface area (Å²) in [5, 5.41) is 10.5. The number of nitrogens with zero attached hydrogens (tertiary/aromatic N) is 8. The van der Waals surface area contributed by atoms with Crippen molar-refractivity contribution in [2.24, 2.45) is 30.0 Å². The molecule has 0 atom stereocenters. The summed E-state index contributed by atoms with van der Waals surface area (Å²) < 4.78 is 114. The first-order valence-electron chi connectivity index (χ1n) is 17.8. The van der Waals surface area contributed by atoms with Crippen molar-refractivity contribution < 1.29 is 143 Å². The number of hydrogen-bond acceptors (Lipinski definition) is 16. The van der Waals surface area contributed by atoms with Crippen molar-refractivity contribution in [1.82, 2.24) is 6.55 Å². The van der Waals surface area contributed by atoms with Crippen molar-refractivity contribution >= 4 is 111 Å². The molecule has 4 aliphatic heterocycles. The zero-order valence-corrected chi connectivity index (χ0v) is 44.8. The Morgan fingerprint density at radius 2 is 1.05 bits per heavy atom. The molecule has 3 N–H and O–H groups in total. The van der Waals surface area contributed by atoms with Crippen LogP contribution in [0.2, 0.25) is 0 Å². The van der Waals surface area contributed by atoms with Crippen LogP contribution in [0.1, 0.15) is 47.1 Å². The van der Waals surface area contributed by atoms with E-state index >= 15 is 0 Å². The van der Waals surface area contributed by atoms with Gasteiger partial charge >= 0.3 is 442 Å². The Kier molecular flexibility index (Phi) is 14.6. The second kappa shape index (κ2) is 18.6. The van der Waals surface area contributed by atoms with Gasteiger partial charge in [-0.15, -0.1) is 0 Å². The van der Waals surface area contributed by atoms with E-state index in [9.17, 15) is 43.7 Å². The van der Waals surface area contributed by atoms with E-state index in [2.05, 4.69) is 11.8 Å². The van der Waals surface area contributed by atoms with Crippen molar-refractivity contribution in [3.8, 4) is 11.8 Å². The van der Waals surface area contributed by atoms with Gasteiger partial charge < -0.3 is 5.48 Å². The number of hydrogen-bond donors (Lipinski definition) is 1. The van der Waals surface area contributed by atoms with Crippen LogP contribution in [0, 0.1) is 11.8 Å². The summed E-state index contributed by atoms with van der Waals surface area (Å²) in [4.78, 5) is 38.6. The predicted octanol–water partition coefficient (Wildman–Crippen LogP) is -8.02. The van der Waals surface area contributed by atoms with Gasteiger partial charge in [-0.2, -0.15) is 0 Å². The number of fused-ring (bicyclic) bond motifs is 14. The molecule has 1 radical (unpaired) electrons. The monoisotopic (exact) mass is 1010 g/mol. The second-order valence-corrected chi connectivity index (χ2v) is 20.7. The van der Waals surface area contributed by atoms with Crippen LogP contribution in [0.15, 0.2) is 117 Å². The summed E-state index contributed by atoms with van der Waals surface area (Å²) in [7, 11) is -14.9. The van der Waals surface area contributed by atoms with E-state index < -0.39 is 68.9 Å². The Balaban J connectivity index is 0.00000175. The summed E-state index contributed by atoms with van der Waals surface area (Å²) in [5.41, 5.74) is 2.01. The number of unbranched alkanes of at least 4 members (excludes halogenated alkanes) is 1. The van der Waals surface area contributed by atoms with E-state index in [1.165, 1.54) is 18.2 Å². The van der Waals surface area contributed by atoms with Gasteiger partial charge in [0.15, 0.2) is 0 Å². The van der Waals surface area contributed by atoms with Gasteiger partial charge in [-0.1, -0.05) is 0 Å².